The molecule has 2 rings (SSSR count). The molecule has 20 heavy (non-hydrogen) atoms. The quantitative estimate of drug-likeness (QED) is 0.734. The van der Waals surface area contributed by atoms with E-state index in [1.165, 1.54) is 9.80 Å². The molecule has 2 saturated heterocycles. The van der Waals surface area contributed by atoms with Crippen LogP contribution in [0.1, 0.15) is 33.6 Å². The molecule has 2 aliphatic heterocycles. The number of likely N-dealkylation sites (tertiary alicyclic amines) is 1. The topological polar surface area (TPSA) is 87.2 Å². The number of hydrogen-bond acceptors (Lipinski definition) is 4. The molecule has 2 amide bonds. The normalized spacial score (nSPS) is 29.2. The van der Waals surface area contributed by atoms with Gasteiger partial charge in [0.2, 0.25) is 0 Å². The van der Waals surface area contributed by atoms with Crippen molar-refractivity contribution in [1.82, 2.24) is 9.80 Å². The molecule has 7 nitrogen and oxygen atoms in total. The van der Waals surface area contributed by atoms with Gasteiger partial charge in [0, 0.05) is 6.54 Å². The fraction of sp³-hybridized carbons (Fsp3) is 0.769. The summed E-state index contributed by atoms with van der Waals surface area (Å²) in [5.74, 6) is 0. The van der Waals surface area contributed by atoms with Gasteiger partial charge in [0.25, 0.3) is 0 Å². The van der Waals surface area contributed by atoms with E-state index in [4.69, 9.17) is 4.74 Å². The number of amides is 2. The van der Waals surface area contributed by atoms with E-state index >= 15 is 0 Å². The number of carbonyl (C=O) groups excluding carboxylic acids is 2. The van der Waals surface area contributed by atoms with E-state index in [-0.39, 0.29) is 12.6 Å². The maximum atomic E-state index is 12.2. The van der Waals surface area contributed by atoms with Crippen molar-refractivity contribution in [2.75, 3.05) is 6.54 Å². The van der Waals surface area contributed by atoms with Gasteiger partial charge in [-0.15, -0.1) is 0 Å². The van der Waals surface area contributed by atoms with Gasteiger partial charge in [0.15, 0.2) is 0 Å². The van der Waals surface area contributed by atoms with Crippen molar-refractivity contribution in [3.63, 3.8) is 0 Å². The summed E-state index contributed by atoms with van der Waals surface area (Å²) in [6.07, 6.45) is 0.316. The Kier molecular flexibility index (Phi) is 3.62. The van der Waals surface area contributed by atoms with Crippen LogP contribution in [-0.4, -0.2) is 63.7 Å². The minimum Gasteiger partial charge on any atom is -0.465 e. The highest BCUT2D eigenvalue weighted by molar-refractivity contribution is 5.77. The minimum atomic E-state index is -1.03. The predicted molar refractivity (Wildman–Crippen MR) is 69.5 cm³/mol. The van der Waals surface area contributed by atoms with Gasteiger partial charge in [-0.1, -0.05) is 0 Å². The second-order valence-corrected chi connectivity index (χ2v) is 6.25. The van der Waals surface area contributed by atoms with Crippen molar-refractivity contribution in [3.05, 3.63) is 0 Å². The van der Waals surface area contributed by atoms with Crippen LogP contribution in [0.15, 0.2) is 0 Å². The molecule has 0 aromatic carbocycles. The van der Waals surface area contributed by atoms with Crippen LogP contribution in [-0.2, 0) is 9.53 Å². The number of ether oxygens (including phenoxy) is 1. The summed E-state index contributed by atoms with van der Waals surface area (Å²) in [7, 11) is 0. The molecule has 0 aromatic heterocycles. The average molecular weight is 284 g/mol. The van der Waals surface area contributed by atoms with Crippen LogP contribution in [0, 0.1) is 0 Å². The summed E-state index contributed by atoms with van der Waals surface area (Å²) in [6, 6.07) is -1.47. The first-order valence-corrected chi connectivity index (χ1v) is 6.71. The third kappa shape index (κ3) is 2.57. The van der Waals surface area contributed by atoms with Gasteiger partial charge in [-0.05, 0) is 33.6 Å². The molecular formula is C13H20N2O5. The summed E-state index contributed by atoms with van der Waals surface area (Å²) in [4.78, 5) is 37.4. The third-order valence-electron chi connectivity index (χ3n) is 3.70. The van der Waals surface area contributed by atoms with Crippen LogP contribution < -0.4 is 0 Å². The molecule has 2 heterocycles. The largest absolute Gasteiger partial charge is 0.465 e. The predicted octanol–water partition coefficient (Wildman–Crippen LogP) is 1.32. The number of nitrogens with zero attached hydrogens (tertiary/aromatic N) is 2. The van der Waals surface area contributed by atoms with Gasteiger partial charge in [0.1, 0.15) is 17.9 Å². The van der Waals surface area contributed by atoms with Gasteiger partial charge in [0.05, 0.1) is 12.1 Å². The summed E-state index contributed by atoms with van der Waals surface area (Å²) < 4.78 is 5.29. The lowest BCUT2D eigenvalue weighted by molar-refractivity contribution is -0.116. The molecule has 0 aliphatic carbocycles. The van der Waals surface area contributed by atoms with Crippen molar-refractivity contribution in [1.29, 1.82) is 0 Å². The van der Waals surface area contributed by atoms with E-state index < -0.39 is 29.9 Å². The highest BCUT2D eigenvalue weighted by Crippen LogP contribution is 2.34. The van der Waals surface area contributed by atoms with Crippen molar-refractivity contribution in [2.45, 2.75) is 57.3 Å². The molecule has 0 saturated carbocycles. The van der Waals surface area contributed by atoms with Crippen LogP contribution in [0.5, 0.6) is 0 Å². The zero-order valence-electron chi connectivity index (χ0n) is 11.9. The molecule has 2 fully saturated rings. The zero-order valence-corrected chi connectivity index (χ0v) is 11.9. The highest BCUT2D eigenvalue weighted by atomic mass is 16.6. The maximum Gasteiger partial charge on any atom is 0.411 e. The Bertz CT molecular complexity index is 431. The minimum absolute atomic E-state index is 0.209. The number of piperazine rings is 1. The Morgan fingerprint density at radius 1 is 1.30 bits per heavy atom. The molecule has 0 aromatic rings. The van der Waals surface area contributed by atoms with Gasteiger partial charge >= 0.3 is 12.2 Å². The lowest BCUT2D eigenvalue weighted by Crippen LogP contribution is -2.63. The molecule has 2 aliphatic rings. The van der Waals surface area contributed by atoms with Crippen molar-refractivity contribution >= 4 is 18.5 Å². The van der Waals surface area contributed by atoms with E-state index in [2.05, 4.69) is 0 Å². The van der Waals surface area contributed by atoms with Gasteiger partial charge in [-0.25, -0.2) is 9.59 Å². The summed E-state index contributed by atoms with van der Waals surface area (Å²) in [5, 5.41) is 9.22. The fourth-order valence-electron chi connectivity index (χ4n) is 2.96. The van der Waals surface area contributed by atoms with E-state index in [0.717, 1.165) is 0 Å². The Balaban J connectivity index is 2.19. The molecule has 0 unspecified atom stereocenters. The Morgan fingerprint density at radius 2 is 1.95 bits per heavy atom. The molecule has 112 valence electrons. The standard InChI is InChI=1S/C13H20N2O5/c1-13(2,3)20-12(19)14-6-8-4-5-9(10(14)7-16)15(8)11(17)18/h7-10H,4-6H2,1-3H3,(H,17,18)/t8-,9+,10-/m1/s1. The molecule has 1 N–H and O–H groups in total. The zero-order chi connectivity index (χ0) is 15.1. The number of aldehydes is 1. The molecule has 7 heteroatoms. The third-order valence-corrected chi connectivity index (χ3v) is 3.70. The van der Waals surface area contributed by atoms with E-state index in [0.29, 0.717) is 19.1 Å². The number of carboxylic acid groups (broad SMARTS) is 1. The van der Waals surface area contributed by atoms with Crippen molar-refractivity contribution in [2.24, 2.45) is 0 Å². The van der Waals surface area contributed by atoms with Crippen LogP contribution in [0.3, 0.4) is 0 Å². The Hall–Kier alpha value is -1.79. The van der Waals surface area contributed by atoms with Gasteiger partial charge in [-0.2, -0.15) is 0 Å². The monoisotopic (exact) mass is 284 g/mol. The van der Waals surface area contributed by atoms with E-state index in [1.807, 2.05) is 0 Å². The summed E-state index contributed by atoms with van der Waals surface area (Å²) in [6.45, 7) is 5.47. The van der Waals surface area contributed by atoms with Gasteiger partial charge in [-0.3, -0.25) is 9.80 Å². The SMILES string of the molecule is CC(C)(C)OC(=O)N1C[C@H]2CC[C@@H]([C@H]1C=O)N2C(=O)O. The summed E-state index contributed by atoms with van der Waals surface area (Å²) >= 11 is 0. The Labute approximate surface area is 117 Å². The lowest BCUT2D eigenvalue weighted by Gasteiger charge is -2.43. The fourth-order valence-corrected chi connectivity index (χ4v) is 2.96. The van der Waals surface area contributed by atoms with Crippen LogP contribution in [0.4, 0.5) is 9.59 Å². The number of carbonyl (C=O) groups is 3. The molecule has 0 radical (unpaired) electrons. The molecule has 3 atom stereocenters. The number of rotatable bonds is 1. The van der Waals surface area contributed by atoms with E-state index in [9.17, 15) is 19.5 Å². The first-order valence-electron chi connectivity index (χ1n) is 6.71. The second-order valence-electron chi connectivity index (χ2n) is 6.25. The smallest absolute Gasteiger partial charge is 0.411 e. The first kappa shape index (κ1) is 14.6. The van der Waals surface area contributed by atoms with Crippen LogP contribution >= 0.6 is 0 Å². The first-order chi connectivity index (χ1) is 9.24. The van der Waals surface area contributed by atoms with Gasteiger partial charge < -0.3 is 14.6 Å². The molecule has 2 bridgehead atoms. The second kappa shape index (κ2) is 4.96. The lowest BCUT2D eigenvalue weighted by atomic mass is 10.1. The highest BCUT2D eigenvalue weighted by Gasteiger charge is 2.50. The van der Waals surface area contributed by atoms with Crippen molar-refractivity contribution < 1.29 is 24.2 Å². The van der Waals surface area contributed by atoms with Crippen molar-refractivity contribution in [3.8, 4) is 0 Å². The van der Waals surface area contributed by atoms with Crippen LogP contribution in [0.25, 0.3) is 0 Å². The Morgan fingerprint density at radius 3 is 2.45 bits per heavy atom. The maximum absolute atomic E-state index is 12.2. The van der Waals surface area contributed by atoms with Crippen LogP contribution in [0.2, 0.25) is 0 Å². The van der Waals surface area contributed by atoms with E-state index in [1.54, 1.807) is 20.8 Å². The number of fused-ring (bicyclic) bond motifs is 2. The average Bonchev–Trinajstić information content (AvgIpc) is 2.62. The summed E-state index contributed by atoms with van der Waals surface area (Å²) in [5.41, 5.74) is -0.645. The number of hydrogen-bond donors (Lipinski definition) is 1. The molecule has 0 spiro atoms. The molecular weight excluding hydrogens is 264 g/mol.